The van der Waals surface area contributed by atoms with E-state index >= 15 is 0 Å². The van der Waals surface area contributed by atoms with Crippen molar-refractivity contribution < 1.29 is 47.6 Å². The minimum absolute atomic E-state index is 0. The number of benzene rings is 1. The smallest absolute Gasteiger partial charge is 0.862 e. The maximum Gasteiger partial charge on any atom is 1.00 e. The van der Waals surface area contributed by atoms with Crippen LogP contribution in [-0.2, 0) is 16.5 Å². The molecule has 0 saturated heterocycles. The van der Waals surface area contributed by atoms with Crippen LogP contribution in [0.1, 0.15) is 12.0 Å². The molecule has 112 valence electrons. The van der Waals surface area contributed by atoms with Crippen LogP contribution in [-0.4, -0.2) is 36.9 Å². The number of hydrogen-bond donors (Lipinski definition) is 2. The molecule has 8 heteroatoms. The fourth-order valence-corrected chi connectivity index (χ4v) is 2.47. The summed E-state index contributed by atoms with van der Waals surface area (Å²) in [5.74, 6) is -0.588. The summed E-state index contributed by atoms with van der Waals surface area (Å²) in [6.07, 6.45) is 0.695. The Balaban J connectivity index is 0.00000400. The molecule has 0 aliphatic heterocycles. The van der Waals surface area contributed by atoms with Crippen molar-refractivity contribution in [2.24, 2.45) is 10.9 Å². The first-order valence-corrected chi connectivity index (χ1v) is 8.48. The number of thiol groups is 1. The van der Waals surface area contributed by atoms with Crippen molar-refractivity contribution in [3.05, 3.63) is 35.9 Å². The molecule has 1 rings (SSSR count). The Morgan fingerprint density at radius 1 is 1.33 bits per heavy atom. The molecule has 1 aromatic rings. The van der Waals surface area contributed by atoms with Gasteiger partial charge in [-0.1, -0.05) is 30.3 Å². The van der Waals surface area contributed by atoms with Crippen LogP contribution in [0, 0.1) is 5.92 Å². The van der Waals surface area contributed by atoms with E-state index in [1.54, 1.807) is 0 Å². The molecule has 0 radical (unpaired) electrons. The molecule has 21 heavy (non-hydrogen) atoms. The first-order valence-electron chi connectivity index (χ1n) is 6.23. The minimum atomic E-state index is -3.98. The molecule has 5 nitrogen and oxygen atoms in total. The zero-order valence-corrected chi connectivity index (χ0v) is 15.7. The SMILES string of the molecule is O=S(=O)(O)CCCN=C([O-])C(CS)Cc1ccccc1.[Na+]. The third kappa shape index (κ3) is 9.55. The second-order valence-electron chi connectivity index (χ2n) is 4.43. The van der Waals surface area contributed by atoms with Gasteiger partial charge in [0, 0.05) is 6.54 Å². The van der Waals surface area contributed by atoms with Gasteiger partial charge in [-0.3, -0.25) is 4.55 Å². The average Bonchev–Trinajstić information content (AvgIpc) is 2.41. The molecule has 0 aromatic heterocycles. The predicted molar refractivity (Wildman–Crippen MR) is 80.8 cm³/mol. The van der Waals surface area contributed by atoms with E-state index in [1.165, 1.54) is 0 Å². The van der Waals surface area contributed by atoms with Crippen molar-refractivity contribution in [3.63, 3.8) is 0 Å². The Morgan fingerprint density at radius 3 is 2.48 bits per heavy atom. The molecule has 0 bridgehead atoms. The molecular weight excluding hydrogens is 321 g/mol. The van der Waals surface area contributed by atoms with E-state index in [0.717, 1.165) is 5.56 Å². The van der Waals surface area contributed by atoms with Gasteiger partial charge in [0.2, 0.25) is 0 Å². The standard InChI is InChI=1S/C13H19NO4S2.Na/c15-13(14-7-4-8-20(16,17)18)12(10-19)9-11-5-2-1-3-6-11;/h1-3,5-6,12,19H,4,7-10H2,(H,14,15)(H,16,17,18);/q;+1/p-1. The zero-order valence-electron chi connectivity index (χ0n) is 12.0. The Kier molecular flexibility index (Phi) is 10.6. The van der Waals surface area contributed by atoms with Gasteiger partial charge >= 0.3 is 29.6 Å². The maximum absolute atomic E-state index is 11.9. The largest absolute Gasteiger partial charge is 1.00 e. The monoisotopic (exact) mass is 339 g/mol. The number of nitrogens with zero attached hydrogens (tertiary/aromatic N) is 1. The number of rotatable bonds is 8. The normalized spacial score (nSPS) is 13.5. The summed E-state index contributed by atoms with van der Waals surface area (Å²) in [7, 11) is -3.98. The summed E-state index contributed by atoms with van der Waals surface area (Å²) >= 11 is 4.16. The Labute approximate surface area is 153 Å². The van der Waals surface area contributed by atoms with Crippen molar-refractivity contribution >= 4 is 28.6 Å². The van der Waals surface area contributed by atoms with Crippen LogP contribution in [0.5, 0.6) is 0 Å². The van der Waals surface area contributed by atoms with E-state index < -0.39 is 10.1 Å². The van der Waals surface area contributed by atoms with Crippen LogP contribution >= 0.6 is 12.6 Å². The van der Waals surface area contributed by atoms with Crippen LogP contribution in [0.25, 0.3) is 0 Å². The van der Waals surface area contributed by atoms with Crippen LogP contribution in [0.3, 0.4) is 0 Å². The van der Waals surface area contributed by atoms with Gasteiger partial charge in [0.15, 0.2) is 0 Å². The molecule has 0 saturated carbocycles. The van der Waals surface area contributed by atoms with Gasteiger partial charge in [0.25, 0.3) is 10.1 Å². The molecule has 0 fully saturated rings. The minimum Gasteiger partial charge on any atom is -0.862 e. The van der Waals surface area contributed by atoms with Crippen molar-refractivity contribution in [3.8, 4) is 0 Å². The molecule has 0 heterocycles. The van der Waals surface area contributed by atoms with E-state index in [1.807, 2.05) is 30.3 Å². The van der Waals surface area contributed by atoms with Crippen LogP contribution in [0.4, 0.5) is 0 Å². The molecule has 1 atom stereocenters. The van der Waals surface area contributed by atoms with Crippen molar-refractivity contribution in [2.45, 2.75) is 12.8 Å². The molecule has 0 amide bonds. The zero-order chi connectivity index (χ0) is 15.0. The molecule has 0 aliphatic rings. The number of aliphatic imine (C=N–C) groups is 1. The molecule has 0 aliphatic carbocycles. The Hall–Kier alpha value is -0.0500. The van der Waals surface area contributed by atoms with Gasteiger partial charge in [-0.2, -0.15) is 21.0 Å². The van der Waals surface area contributed by atoms with Gasteiger partial charge in [0.05, 0.1) is 5.75 Å². The van der Waals surface area contributed by atoms with E-state index in [2.05, 4.69) is 17.6 Å². The van der Waals surface area contributed by atoms with E-state index in [0.29, 0.717) is 12.2 Å². The fraction of sp³-hybridized carbons (Fsp3) is 0.462. The van der Waals surface area contributed by atoms with Crippen molar-refractivity contribution in [2.75, 3.05) is 18.1 Å². The van der Waals surface area contributed by atoms with Crippen LogP contribution in [0.15, 0.2) is 35.3 Å². The summed E-state index contributed by atoms with van der Waals surface area (Å²) < 4.78 is 29.6. The Bertz CT molecular complexity index is 534. The van der Waals surface area contributed by atoms with E-state index in [-0.39, 0.29) is 60.1 Å². The van der Waals surface area contributed by atoms with Gasteiger partial charge in [0.1, 0.15) is 0 Å². The van der Waals surface area contributed by atoms with Gasteiger partial charge in [-0.25, -0.2) is 0 Å². The van der Waals surface area contributed by atoms with E-state index in [9.17, 15) is 13.5 Å². The maximum atomic E-state index is 11.9. The van der Waals surface area contributed by atoms with Crippen molar-refractivity contribution in [1.29, 1.82) is 0 Å². The molecular formula is C13H18NNaO4S2. The molecule has 1 aromatic carbocycles. The van der Waals surface area contributed by atoms with E-state index in [4.69, 9.17) is 4.55 Å². The third-order valence-corrected chi connectivity index (χ3v) is 3.97. The molecule has 0 spiro atoms. The number of hydrogen-bond acceptors (Lipinski definition) is 5. The van der Waals surface area contributed by atoms with Gasteiger partial charge < -0.3 is 10.1 Å². The summed E-state index contributed by atoms with van der Waals surface area (Å²) in [6.45, 7) is 0.0949. The summed E-state index contributed by atoms with van der Waals surface area (Å²) in [5, 5.41) is 11.9. The molecule has 1 unspecified atom stereocenters. The van der Waals surface area contributed by atoms with Crippen LogP contribution < -0.4 is 34.7 Å². The van der Waals surface area contributed by atoms with Gasteiger partial charge in [-0.15, -0.1) is 0 Å². The summed E-state index contributed by atoms with van der Waals surface area (Å²) in [6, 6.07) is 9.57. The quantitative estimate of drug-likeness (QED) is 0.141. The first kappa shape index (κ1) is 20.9. The topological polar surface area (TPSA) is 89.8 Å². The second kappa shape index (κ2) is 10.6. The first-order chi connectivity index (χ1) is 9.42. The average molecular weight is 339 g/mol. The van der Waals surface area contributed by atoms with Crippen molar-refractivity contribution in [1.82, 2.24) is 0 Å². The predicted octanol–water partition coefficient (Wildman–Crippen LogP) is -2.18. The van der Waals surface area contributed by atoms with Gasteiger partial charge in [-0.05, 0) is 36.0 Å². The fourth-order valence-electron chi connectivity index (χ4n) is 1.69. The van der Waals surface area contributed by atoms with Crippen LogP contribution in [0.2, 0.25) is 0 Å². The summed E-state index contributed by atoms with van der Waals surface area (Å²) in [5.41, 5.74) is 1.04. The summed E-state index contributed by atoms with van der Waals surface area (Å²) in [4.78, 5) is 3.83. The third-order valence-electron chi connectivity index (χ3n) is 2.72. The second-order valence-corrected chi connectivity index (χ2v) is 6.37. The Morgan fingerprint density at radius 2 is 1.95 bits per heavy atom. The molecule has 1 N–H and O–H groups in total.